The Hall–Kier alpha value is -3.94. The average Bonchev–Trinajstić information content (AvgIpc) is 3.51. The Morgan fingerprint density at radius 3 is 2.78 bits per heavy atom. The van der Waals surface area contributed by atoms with Crippen LogP contribution in [0.3, 0.4) is 0 Å². The maximum absolute atomic E-state index is 13.2. The van der Waals surface area contributed by atoms with E-state index in [4.69, 9.17) is 4.42 Å². The zero-order chi connectivity index (χ0) is 27.0. The highest BCUT2D eigenvalue weighted by molar-refractivity contribution is 6.07. The molecule has 0 aliphatic carbocycles. The molecule has 1 unspecified atom stereocenters. The standard InChI is InChI=1S/C23H27F3N8O3/c1-22(2)14(8-27-3)9-34(21(22)36)18-15(10-33(4)32-18)30-19(35)16-11-37-20(31-16)13-5-6-28-17(7-13)29-12-23(24,25)26/h5-7,10-11,14,27H,8-9,12H2,1-4H3,(H,28,29)(H,30,35). The van der Waals surface area contributed by atoms with E-state index < -0.39 is 24.0 Å². The fourth-order valence-electron chi connectivity index (χ4n) is 4.11. The van der Waals surface area contributed by atoms with E-state index in [-0.39, 0.29) is 29.2 Å². The summed E-state index contributed by atoms with van der Waals surface area (Å²) in [7, 11) is 3.51. The third-order valence-electron chi connectivity index (χ3n) is 6.20. The van der Waals surface area contributed by atoms with Gasteiger partial charge in [0.15, 0.2) is 11.5 Å². The molecule has 0 aromatic carbocycles. The Morgan fingerprint density at radius 2 is 2.08 bits per heavy atom. The van der Waals surface area contributed by atoms with Crippen LogP contribution >= 0.6 is 0 Å². The number of carbonyl (C=O) groups excluding carboxylic acids is 2. The minimum Gasteiger partial charge on any atom is -0.444 e. The molecule has 1 fully saturated rings. The van der Waals surface area contributed by atoms with E-state index in [0.717, 1.165) is 6.26 Å². The van der Waals surface area contributed by atoms with Gasteiger partial charge >= 0.3 is 6.18 Å². The van der Waals surface area contributed by atoms with Gasteiger partial charge in [-0.05, 0) is 19.2 Å². The quantitative estimate of drug-likeness (QED) is 0.414. The second-order valence-corrected chi connectivity index (χ2v) is 9.32. The van der Waals surface area contributed by atoms with Gasteiger partial charge in [-0.2, -0.15) is 18.3 Å². The van der Waals surface area contributed by atoms with Gasteiger partial charge in [0, 0.05) is 43.2 Å². The smallest absolute Gasteiger partial charge is 0.405 e. The number of nitrogens with zero attached hydrogens (tertiary/aromatic N) is 5. The first-order valence-corrected chi connectivity index (χ1v) is 11.4. The summed E-state index contributed by atoms with van der Waals surface area (Å²) in [5.74, 6) is -0.325. The number of aromatic nitrogens is 4. The summed E-state index contributed by atoms with van der Waals surface area (Å²) < 4.78 is 44.3. The SMILES string of the molecule is CNCC1CN(c2nn(C)cc2NC(=O)c2coc(-c3ccnc(NCC(F)(F)F)c3)n2)C(=O)C1(C)C. The number of anilines is 3. The van der Waals surface area contributed by atoms with Gasteiger partial charge in [-0.1, -0.05) is 13.8 Å². The maximum atomic E-state index is 13.2. The first kappa shape index (κ1) is 26.1. The second kappa shape index (κ2) is 9.84. The second-order valence-electron chi connectivity index (χ2n) is 9.32. The molecule has 1 aliphatic rings. The van der Waals surface area contributed by atoms with Crippen molar-refractivity contribution in [3.8, 4) is 11.5 Å². The van der Waals surface area contributed by atoms with Crippen LogP contribution in [0.25, 0.3) is 11.5 Å². The van der Waals surface area contributed by atoms with Gasteiger partial charge in [-0.25, -0.2) is 9.97 Å². The summed E-state index contributed by atoms with van der Waals surface area (Å²) in [6.07, 6.45) is -0.381. The van der Waals surface area contributed by atoms with E-state index in [2.05, 4.69) is 31.0 Å². The van der Waals surface area contributed by atoms with Crippen LogP contribution < -0.4 is 20.9 Å². The molecule has 1 aliphatic heterocycles. The number of halogens is 3. The van der Waals surface area contributed by atoms with Crippen LogP contribution in [0.5, 0.6) is 0 Å². The van der Waals surface area contributed by atoms with Gasteiger partial charge in [-0.3, -0.25) is 19.2 Å². The van der Waals surface area contributed by atoms with Crippen molar-refractivity contribution in [3.05, 3.63) is 36.5 Å². The number of carbonyl (C=O) groups is 2. The molecule has 3 N–H and O–H groups in total. The largest absolute Gasteiger partial charge is 0.444 e. The Balaban J connectivity index is 1.51. The predicted molar refractivity (Wildman–Crippen MR) is 129 cm³/mol. The minimum atomic E-state index is -4.40. The summed E-state index contributed by atoms with van der Waals surface area (Å²) in [5, 5.41) is 12.4. The van der Waals surface area contributed by atoms with Crippen LogP contribution in [0.15, 0.2) is 35.2 Å². The van der Waals surface area contributed by atoms with E-state index >= 15 is 0 Å². The fourth-order valence-corrected chi connectivity index (χ4v) is 4.11. The van der Waals surface area contributed by atoms with Crippen molar-refractivity contribution in [1.29, 1.82) is 0 Å². The number of amides is 2. The lowest BCUT2D eigenvalue weighted by Gasteiger charge is -2.22. The molecule has 3 aromatic rings. The highest BCUT2D eigenvalue weighted by Crippen LogP contribution is 2.40. The molecule has 11 nitrogen and oxygen atoms in total. The molecule has 2 amide bonds. The minimum absolute atomic E-state index is 0.0196. The summed E-state index contributed by atoms with van der Waals surface area (Å²) in [6, 6.07) is 2.83. The molecule has 0 spiro atoms. The molecule has 37 heavy (non-hydrogen) atoms. The Kier molecular flexibility index (Phi) is 6.95. The highest BCUT2D eigenvalue weighted by Gasteiger charge is 2.48. The van der Waals surface area contributed by atoms with Crippen LogP contribution in [-0.2, 0) is 11.8 Å². The van der Waals surface area contributed by atoms with Crippen molar-refractivity contribution in [2.24, 2.45) is 18.4 Å². The number of alkyl halides is 3. The number of hydrogen-bond acceptors (Lipinski definition) is 8. The zero-order valence-corrected chi connectivity index (χ0v) is 20.7. The monoisotopic (exact) mass is 520 g/mol. The first-order valence-electron chi connectivity index (χ1n) is 11.4. The van der Waals surface area contributed by atoms with Crippen molar-refractivity contribution < 1.29 is 27.2 Å². The molecule has 0 bridgehead atoms. The van der Waals surface area contributed by atoms with Crippen molar-refractivity contribution in [3.63, 3.8) is 0 Å². The molecule has 1 atom stereocenters. The number of pyridine rings is 1. The number of nitrogens with one attached hydrogen (secondary N) is 3. The van der Waals surface area contributed by atoms with Crippen molar-refractivity contribution in [2.45, 2.75) is 20.0 Å². The first-order chi connectivity index (χ1) is 17.4. The molecular weight excluding hydrogens is 493 g/mol. The predicted octanol–water partition coefficient (Wildman–Crippen LogP) is 2.91. The maximum Gasteiger partial charge on any atom is 0.405 e. The number of oxazole rings is 1. The van der Waals surface area contributed by atoms with E-state index in [1.807, 2.05) is 20.9 Å². The molecule has 14 heteroatoms. The van der Waals surface area contributed by atoms with E-state index in [1.165, 1.54) is 23.0 Å². The topological polar surface area (TPSA) is 130 Å². The van der Waals surface area contributed by atoms with Crippen molar-refractivity contribution >= 4 is 29.1 Å². The molecule has 4 heterocycles. The van der Waals surface area contributed by atoms with Crippen LogP contribution in [0, 0.1) is 11.3 Å². The third kappa shape index (κ3) is 5.58. The Morgan fingerprint density at radius 1 is 1.32 bits per heavy atom. The lowest BCUT2D eigenvalue weighted by molar-refractivity contribution is -0.125. The van der Waals surface area contributed by atoms with Gasteiger partial charge < -0.3 is 20.4 Å². The van der Waals surface area contributed by atoms with Crippen LogP contribution in [-0.4, -0.2) is 64.4 Å². The number of rotatable bonds is 8. The molecule has 0 radical (unpaired) electrons. The molecule has 4 rings (SSSR count). The number of aryl methyl sites for hydroxylation is 1. The highest BCUT2D eigenvalue weighted by atomic mass is 19.4. The van der Waals surface area contributed by atoms with E-state index in [1.54, 1.807) is 18.1 Å². The number of hydrogen-bond donors (Lipinski definition) is 3. The molecular formula is C23H27F3N8O3. The summed E-state index contributed by atoms with van der Waals surface area (Å²) in [4.78, 5) is 35.7. The van der Waals surface area contributed by atoms with Crippen LogP contribution in [0.2, 0.25) is 0 Å². The van der Waals surface area contributed by atoms with Gasteiger partial charge in [0.2, 0.25) is 11.8 Å². The van der Waals surface area contributed by atoms with Crippen molar-refractivity contribution in [2.75, 3.05) is 42.2 Å². The zero-order valence-electron chi connectivity index (χ0n) is 20.7. The Bertz CT molecular complexity index is 1300. The normalized spacial score (nSPS) is 17.3. The summed E-state index contributed by atoms with van der Waals surface area (Å²) >= 11 is 0. The van der Waals surface area contributed by atoms with E-state index in [9.17, 15) is 22.8 Å². The molecule has 198 valence electrons. The van der Waals surface area contributed by atoms with Crippen LogP contribution in [0.4, 0.5) is 30.5 Å². The van der Waals surface area contributed by atoms with Crippen LogP contribution in [0.1, 0.15) is 24.3 Å². The van der Waals surface area contributed by atoms with E-state index in [0.29, 0.717) is 30.2 Å². The lowest BCUT2D eigenvalue weighted by atomic mass is 9.81. The average molecular weight is 521 g/mol. The molecule has 1 saturated heterocycles. The molecule has 0 saturated carbocycles. The summed E-state index contributed by atoms with van der Waals surface area (Å²) in [6.45, 7) is 3.61. The third-order valence-corrected chi connectivity index (χ3v) is 6.20. The van der Waals surface area contributed by atoms with Gasteiger partial charge in [0.1, 0.15) is 24.3 Å². The fraction of sp³-hybridized carbons (Fsp3) is 0.435. The molecule has 3 aromatic heterocycles. The van der Waals surface area contributed by atoms with Crippen molar-refractivity contribution in [1.82, 2.24) is 25.1 Å². The van der Waals surface area contributed by atoms with Gasteiger partial charge in [0.05, 0.1) is 6.20 Å². The summed E-state index contributed by atoms with van der Waals surface area (Å²) in [5.41, 5.74) is -0.0102. The van der Waals surface area contributed by atoms with Gasteiger partial charge in [0.25, 0.3) is 5.91 Å². The lowest BCUT2D eigenvalue weighted by Crippen LogP contribution is -2.34. The van der Waals surface area contributed by atoms with Gasteiger partial charge in [-0.15, -0.1) is 0 Å². The Labute approximate surface area is 210 Å².